The molecule has 3 aromatic rings. The first kappa shape index (κ1) is 19.2. The van der Waals surface area contributed by atoms with Crippen LogP contribution in [0.25, 0.3) is 11.0 Å². The Morgan fingerprint density at radius 2 is 2.14 bits per heavy atom. The molecule has 0 bridgehead atoms. The van der Waals surface area contributed by atoms with E-state index in [0.717, 1.165) is 42.7 Å². The second kappa shape index (κ2) is 8.06. The van der Waals surface area contributed by atoms with Crippen molar-refractivity contribution in [2.24, 2.45) is 0 Å². The number of rotatable bonds is 6. The quantitative estimate of drug-likeness (QED) is 0.616. The van der Waals surface area contributed by atoms with Crippen LogP contribution in [0.4, 0.5) is 10.5 Å². The molecule has 29 heavy (non-hydrogen) atoms. The molecule has 0 aromatic carbocycles. The molecule has 0 spiro atoms. The number of hydrogen-bond acceptors (Lipinski definition) is 5. The van der Waals surface area contributed by atoms with Crippen molar-refractivity contribution in [1.29, 1.82) is 0 Å². The molecule has 10 heteroatoms. The molecule has 154 valence electrons. The van der Waals surface area contributed by atoms with E-state index in [2.05, 4.69) is 25.8 Å². The highest BCUT2D eigenvalue weighted by molar-refractivity contribution is 5.91. The third-order valence-electron chi connectivity index (χ3n) is 5.04. The number of urea groups is 1. The van der Waals surface area contributed by atoms with E-state index in [4.69, 9.17) is 0 Å². The van der Waals surface area contributed by atoms with Gasteiger partial charge in [0, 0.05) is 37.5 Å². The highest BCUT2D eigenvalue weighted by Crippen LogP contribution is 2.18. The number of aromatic nitrogens is 6. The predicted octanol–water partition coefficient (Wildman–Crippen LogP) is 1.92. The monoisotopic (exact) mass is 398 g/mol. The zero-order chi connectivity index (χ0) is 20.4. The van der Waals surface area contributed by atoms with E-state index >= 15 is 0 Å². The van der Waals surface area contributed by atoms with Crippen LogP contribution in [0.2, 0.25) is 0 Å². The average molecular weight is 398 g/mol. The fourth-order valence-corrected chi connectivity index (χ4v) is 3.59. The molecule has 0 fully saturated rings. The molecule has 0 saturated carbocycles. The van der Waals surface area contributed by atoms with Crippen molar-refractivity contribution in [3.63, 3.8) is 0 Å². The van der Waals surface area contributed by atoms with E-state index < -0.39 is 0 Å². The Balaban J connectivity index is 1.28. The third-order valence-corrected chi connectivity index (χ3v) is 5.04. The van der Waals surface area contributed by atoms with Crippen LogP contribution in [-0.2, 0) is 19.5 Å². The molecule has 0 unspecified atom stereocenters. The Kier molecular flexibility index (Phi) is 5.32. The summed E-state index contributed by atoms with van der Waals surface area (Å²) in [5.41, 5.74) is 1.35. The molecular weight excluding hydrogens is 372 g/mol. The van der Waals surface area contributed by atoms with Crippen molar-refractivity contribution in [3.8, 4) is 0 Å². The molecule has 3 aromatic heterocycles. The van der Waals surface area contributed by atoms with Gasteiger partial charge < -0.3 is 10.6 Å². The minimum absolute atomic E-state index is 0.0505. The maximum Gasteiger partial charge on any atom is 0.345 e. The summed E-state index contributed by atoms with van der Waals surface area (Å²) in [7, 11) is 0. The van der Waals surface area contributed by atoms with Gasteiger partial charge in [-0.15, -0.1) is 0 Å². The lowest BCUT2D eigenvalue weighted by atomic mass is 10.2. The minimum atomic E-state index is -0.307. The molecule has 0 atom stereocenters. The van der Waals surface area contributed by atoms with Gasteiger partial charge in [0.05, 0.1) is 18.1 Å². The van der Waals surface area contributed by atoms with Crippen LogP contribution in [0.15, 0.2) is 23.3 Å². The zero-order valence-corrected chi connectivity index (χ0v) is 16.8. The number of pyridine rings is 1. The largest absolute Gasteiger partial charge is 0.345 e. The molecule has 4 heterocycles. The van der Waals surface area contributed by atoms with Gasteiger partial charge in [0.1, 0.15) is 5.82 Å². The lowest BCUT2D eigenvalue weighted by Gasteiger charge is -2.09. The second-order valence-electron chi connectivity index (χ2n) is 7.58. The lowest BCUT2D eigenvalue weighted by Crippen LogP contribution is -2.31. The minimum Gasteiger partial charge on any atom is -0.338 e. The summed E-state index contributed by atoms with van der Waals surface area (Å²) in [4.78, 5) is 28.8. The molecule has 0 radical (unpaired) electrons. The van der Waals surface area contributed by atoms with E-state index in [1.807, 2.05) is 24.6 Å². The smallest absolute Gasteiger partial charge is 0.338 e. The van der Waals surface area contributed by atoms with Crippen LogP contribution in [-0.4, -0.2) is 41.7 Å². The Labute approximate surface area is 167 Å². The van der Waals surface area contributed by atoms with Crippen LogP contribution < -0.4 is 16.3 Å². The van der Waals surface area contributed by atoms with Crippen molar-refractivity contribution >= 4 is 22.8 Å². The molecule has 10 nitrogen and oxygen atoms in total. The summed E-state index contributed by atoms with van der Waals surface area (Å²) in [6.45, 7) is 5.77. The molecule has 1 aliphatic rings. The maximum absolute atomic E-state index is 12.3. The van der Waals surface area contributed by atoms with Crippen molar-refractivity contribution in [3.05, 3.63) is 34.8 Å². The molecule has 2 amide bonds. The first-order valence-electron chi connectivity index (χ1n) is 10.1. The number of fused-ring (bicyclic) bond motifs is 2. The van der Waals surface area contributed by atoms with E-state index in [-0.39, 0.29) is 17.8 Å². The van der Waals surface area contributed by atoms with Crippen molar-refractivity contribution in [1.82, 2.24) is 34.4 Å². The number of aryl methyl sites for hydroxylation is 2. The molecule has 0 aliphatic carbocycles. The van der Waals surface area contributed by atoms with Crippen molar-refractivity contribution < 1.29 is 4.79 Å². The lowest BCUT2D eigenvalue weighted by molar-refractivity contribution is 0.251. The molecule has 1 aliphatic heterocycles. The van der Waals surface area contributed by atoms with Gasteiger partial charge >= 0.3 is 11.7 Å². The summed E-state index contributed by atoms with van der Waals surface area (Å²) in [6, 6.07) is 1.76. The summed E-state index contributed by atoms with van der Waals surface area (Å²) < 4.78 is 5.10. The Hall–Kier alpha value is -3.17. The number of carbonyl (C=O) groups is 1. The fraction of sp³-hybridized carbons (Fsp3) is 0.526. The summed E-state index contributed by atoms with van der Waals surface area (Å²) in [5.74, 6) is 0.871. The summed E-state index contributed by atoms with van der Waals surface area (Å²) >= 11 is 0. The average Bonchev–Trinajstić information content (AvgIpc) is 3.26. The van der Waals surface area contributed by atoms with E-state index in [9.17, 15) is 9.59 Å². The standard InChI is InChI=1S/C19H26N8O2/c1-13(2)27-17-14(11-22-27)10-15(12-21-17)23-18(28)20-7-5-9-26-19(29)25-8-4-3-6-16(25)24-26/h10-13H,3-9H2,1-2H3,(H2,20,23,28). The van der Waals surface area contributed by atoms with Gasteiger partial charge in [-0.25, -0.2) is 23.9 Å². The molecule has 2 N–H and O–H groups in total. The number of hydrogen-bond donors (Lipinski definition) is 2. The fourth-order valence-electron chi connectivity index (χ4n) is 3.59. The van der Waals surface area contributed by atoms with Gasteiger partial charge in [-0.05, 0) is 39.2 Å². The Morgan fingerprint density at radius 1 is 1.28 bits per heavy atom. The first-order valence-corrected chi connectivity index (χ1v) is 10.1. The number of carbonyl (C=O) groups excluding carboxylic acids is 1. The van der Waals surface area contributed by atoms with Gasteiger partial charge in [-0.1, -0.05) is 0 Å². The SMILES string of the molecule is CC(C)n1ncc2cc(NC(=O)NCCCn3nc4n(c3=O)CCCC4)cnc21. The van der Waals surface area contributed by atoms with Gasteiger partial charge in [-0.3, -0.25) is 4.57 Å². The van der Waals surface area contributed by atoms with Crippen LogP contribution in [0, 0.1) is 0 Å². The van der Waals surface area contributed by atoms with E-state index in [0.29, 0.717) is 25.2 Å². The van der Waals surface area contributed by atoms with Gasteiger partial charge in [0.25, 0.3) is 0 Å². The highest BCUT2D eigenvalue weighted by Gasteiger charge is 2.16. The van der Waals surface area contributed by atoms with E-state index in [1.54, 1.807) is 17.0 Å². The number of nitrogens with zero attached hydrogens (tertiary/aromatic N) is 6. The zero-order valence-electron chi connectivity index (χ0n) is 16.8. The number of amides is 2. The first-order chi connectivity index (χ1) is 14.0. The van der Waals surface area contributed by atoms with Gasteiger partial charge in [0.2, 0.25) is 0 Å². The van der Waals surface area contributed by atoms with Crippen molar-refractivity contribution in [2.75, 3.05) is 11.9 Å². The topological polar surface area (TPSA) is 112 Å². The number of anilines is 1. The van der Waals surface area contributed by atoms with E-state index in [1.165, 1.54) is 4.68 Å². The molecule has 0 saturated heterocycles. The van der Waals surface area contributed by atoms with Gasteiger partial charge in [0.15, 0.2) is 5.65 Å². The molecular formula is C19H26N8O2. The van der Waals surface area contributed by atoms with Crippen LogP contribution in [0.3, 0.4) is 0 Å². The van der Waals surface area contributed by atoms with Crippen LogP contribution in [0.5, 0.6) is 0 Å². The van der Waals surface area contributed by atoms with Crippen LogP contribution >= 0.6 is 0 Å². The summed E-state index contributed by atoms with van der Waals surface area (Å²) in [6.07, 6.45) is 6.96. The Bertz CT molecular complexity index is 1080. The van der Waals surface area contributed by atoms with Crippen molar-refractivity contribution in [2.45, 2.75) is 58.7 Å². The maximum atomic E-state index is 12.3. The number of nitrogens with one attached hydrogen (secondary N) is 2. The highest BCUT2D eigenvalue weighted by atomic mass is 16.2. The summed E-state index contributed by atoms with van der Waals surface area (Å²) in [5, 5.41) is 15.2. The Morgan fingerprint density at radius 3 is 2.93 bits per heavy atom. The molecule has 4 rings (SSSR count). The van der Waals surface area contributed by atoms with Gasteiger partial charge in [-0.2, -0.15) is 10.2 Å². The van der Waals surface area contributed by atoms with Crippen LogP contribution in [0.1, 0.15) is 45.0 Å². The second-order valence-corrected chi connectivity index (χ2v) is 7.58. The predicted molar refractivity (Wildman–Crippen MR) is 109 cm³/mol. The third kappa shape index (κ3) is 4.01. The normalized spacial score (nSPS) is 13.6.